The smallest absolute Gasteiger partial charge is 0.122 e. The molecule has 0 aromatic heterocycles. The van der Waals surface area contributed by atoms with Crippen LogP contribution >= 0.6 is 0 Å². The van der Waals surface area contributed by atoms with Crippen LogP contribution in [0.5, 0.6) is 11.5 Å². The van der Waals surface area contributed by atoms with Crippen molar-refractivity contribution in [2.75, 3.05) is 31.7 Å². The summed E-state index contributed by atoms with van der Waals surface area (Å²) in [5.74, 6) is 1.69. The third-order valence-corrected chi connectivity index (χ3v) is 3.13. The fourth-order valence-corrected chi connectivity index (χ4v) is 1.97. The highest BCUT2D eigenvalue weighted by molar-refractivity contribution is 5.46. The van der Waals surface area contributed by atoms with Crippen molar-refractivity contribution in [1.82, 2.24) is 0 Å². The number of ether oxygens (including phenoxy) is 2. The van der Waals surface area contributed by atoms with E-state index in [0.29, 0.717) is 13.2 Å². The summed E-state index contributed by atoms with van der Waals surface area (Å²) < 4.78 is 11.2. The molecule has 0 atom stereocenters. The van der Waals surface area contributed by atoms with Crippen LogP contribution in [0.4, 0.5) is 5.69 Å². The van der Waals surface area contributed by atoms with Gasteiger partial charge in [0.2, 0.25) is 0 Å². The van der Waals surface area contributed by atoms with Crippen LogP contribution in [0, 0.1) is 0 Å². The van der Waals surface area contributed by atoms with Gasteiger partial charge in [-0.25, -0.2) is 0 Å². The van der Waals surface area contributed by atoms with Crippen LogP contribution in [0.1, 0.15) is 12.8 Å². The zero-order chi connectivity index (χ0) is 15.5. The summed E-state index contributed by atoms with van der Waals surface area (Å²) in [7, 11) is 0. The number of rotatable bonds is 10. The molecule has 4 heteroatoms. The first-order chi connectivity index (χ1) is 10.9. The second-order valence-electron chi connectivity index (χ2n) is 4.89. The largest absolute Gasteiger partial charge is 0.490 e. The molecule has 0 bridgehead atoms. The van der Waals surface area contributed by atoms with Crippen molar-refractivity contribution in [2.24, 2.45) is 0 Å². The molecule has 2 rings (SSSR count). The van der Waals surface area contributed by atoms with Crippen molar-refractivity contribution < 1.29 is 14.6 Å². The lowest BCUT2D eigenvalue weighted by atomic mass is 10.2. The van der Waals surface area contributed by atoms with Crippen molar-refractivity contribution in [3.05, 3.63) is 54.6 Å². The third-order valence-electron chi connectivity index (χ3n) is 3.13. The number of para-hydroxylation sites is 1. The van der Waals surface area contributed by atoms with E-state index in [1.165, 1.54) is 0 Å². The van der Waals surface area contributed by atoms with Crippen LogP contribution in [-0.4, -0.2) is 31.5 Å². The molecule has 22 heavy (non-hydrogen) atoms. The van der Waals surface area contributed by atoms with E-state index in [9.17, 15) is 0 Å². The lowest BCUT2D eigenvalue weighted by molar-refractivity contribution is 0.217. The molecule has 0 heterocycles. The summed E-state index contributed by atoms with van der Waals surface area (Å²) in [6.45, 7) is 2.15. The highest BCUT2D eigenvalue weighted by Gasteiger charge is 1.97. The first kappa shape index (κ1) is 16.2. The molecule has 2 aromatic rings. The Balaban J connectivity index is 1.63. The fourth-order valence-electron chi connectivity index (χ4n) is 1.97. The van der Waals surface area contributed by atoms with Crippen molar-refractivity contribution >= 4 is 5.69 Å². The molecule has 0 saturated carbocycles. The third kappa shape index (κ3) is 6.06. The number of unbranched alkanes of at least 4 members (excludes halogenated alkanes) is 1. The van der Waals surface area contributed by atoms with Crippen LogP contribution in [0.3, 0.4) is 0 Å². The summed E-state index contributed by atoms with van der Waals surface area (Å²) in [6.07, 6.45) is 1.79. The van der Waals surface area contributed by atoms with E-state index < -0.39 is 0 Å². The number of anilines is 1. The SMILES string of the molecule is OCCCCNc1ccc(OCCOc2ccccc2)cc1. The molecule has 0 spiro atoms. The maximum Gasteiger partial charge on any atom is 0.122 e. The number of benzene rings is 2. The van der Waals surface area contributed by atoms with Gasteiger partial charge >= 0.3 is 0 Å². The Bertz CT molecular complexity index is 514. The first-order valence-electron chi connectivity index (χ1n) is 7.64. The van der Waals surface area contributed by atoms with Crippen LogP contribution < -0.4 is 14.8 Å². The van der Waals surface area contributed by atoms with Crippen LogP contribution in [-0.2, 0) is 0 Å². The minimum Gasteiger partial charge on any atom is -0.490 e. The lowest BCUT2D eigenvalue weighted by Gasteiger charge is -2.10. The molecule has 0 aliphatic rings. The molecule has 2 aromatic carbocycles. The number of hydrogen-bond donors (Lipinski definition) is 2. The molecule has 4 nitrogen and oxygen atoms in total. The Kier molecular flexibility index (Phi) is 7.12. The van der Waals surface area contributed by atoms with Gasteiger partial charge < -0.3 is 19.9 Å². The van der Waals surface area contributed by atoms with Crippen molar-refractivity contribution in [3.8, 4) is 11.5 Å². The van der Waals surface area contributed by atoms with Gasteiger partial charge in [-0.2, -0.15) is 0 Å². The highest BCUT2D eigenvalue weighted by Crippen LogP contribution is 2.16. The van der Waals surface area contributed by atoms with Crippen LogP contribution in [0.25, 0.3) is 0 Å². The van der Waals surface area contributed by atoms with Gasteiger partial charge in [-0.3, -0.25) is 0 Å². The van der Waals surface area contributed by atoms with Gasteiger partial charge in [0.05, 0.1) is 0 Å². The molecule has 118 valence electrons. The second kappa shape index (κ2) is 9.68. The Hall–Kier alpha value is -2.20. The van der Waals surface area contributed by atoms with Crippen LogP contribution in [0.15, 0.2) is 54.6 Å². The van der Waals surface area contributed by atoms with E-state index >= 15 is 0 Å². The Morgan fingerprint density at radius 1 is 0.773 bits per heavy atom. The molecule has 0 saturated heterocycles. The first-order valence-corrected chi connectivity index (χ1v) is 7.64. The second-order valence-corrected chi connectivity index (χ2v) is 4.89. The van der Waals surface area contributed by atoms with E-state index in [-0.39, 0.29) is 6.61 Å². The maximum atomic E-state index is 8.72. The normalized spacial score (nSPS) is 10.2. The van der Waals surface area contributed by atoms with E-state index in [0.717, 1.165) is 36.6 Å². The summed E-state index contributed by atoms with van der Waals surface area (Å²) >= 11 is 0. The Labute approximate surface area is 131 Å². The van der Waals surface area contributed by atoms with Gasteiger partial charge in [0.1, 0.15) is 24.7 Å². The van der Waals surface area contributed by atoms with Crippen LogP contribution in [0.2, 0.25) is 0 Å². The van der Waals surface area contributed by atoms with Gasteiger partial charge in [-0.1, -0.05) is 18.2 Å². The molecule has 0 unspecified atom stereocenters. The molecule has 0 amide bonds. The average molecular weight is 301 g/mol. The zero-order valence-electron chi connectivity index (χ0n) is 12.7. The predicted molar refractivity (Wildman–Crippen MR) is 88.7 cm³/mol. The van der Waals surface area contributed by atoms with E-state index in [1.54, 1.807) is 0 Å². The lowest BCUT2D eigenvalue weighted by Crippen LogP contribution is -2.09. The highest BCUT2D eigenvalue weighted by atomic mass is 16.5. The molecule has 0 radical (unpaired) electrons. The summed E-state index contributed by atoms with van der Waals surface area (Å²) in [5.41, 5.74) is 1.06. The Morgan fingerprint density at radius 2 is 1.41 bits per heavy atom. The summed E-state index contributed by atoms with van der Waals surface area (Å²) in [6, 6.07) is 17.6. The van der Waals surface area contributed by atoms with Gasteiger partial charge in [-0.05, 0) is 49.2 Å². The average Bonchev–Trinajstić information content (AvgIpc) is 2.58. The topological polar surface area (TPSA) is 50.7 Å². The number of nitrogens with one attached hydrogen (secondary N) is 1. The molecule has 2 N–H and O–H groups in total. The van der Waals surface area contributed by atoms with E-state index in [4.69, 9.17) is 14.6 Å². The van der Waals surface area contributed by atoms with Crippen molar-refractivity contribution in [2.45, 2.75) is 12.8 Å². The quantitative estimate of drug-likeness (QED) is 0.661. The van der Waals surface area contributed by atoms with E-state index in [1.807, 2.05) is 54.6 Å². The van der Waals surface area contributed by atoms with Crippen molar-refractivity contribution in [3.63, 3.8) is 0 Å². The molecule has 0 aliphatic heterocycles. The molecular weight excluding hydrogens is 278 g/mol. The van der Waals surface area contributed by atoms with Gasteiger partial charge in [0.15, 0.2) is 0 Å². The monoisotopic (exact) mass is 301 g/mol. The number of hydrogen-bond acceptors (Lipinski definition) is 4. The number of aliphatic hydroxyl groups is 1. The zero-order valence-corrected chi connectivity index (χ0v) is 12.7. The fraction of sp³-hybridized carbons (Fsp3) is 0.333. The number of aliphatic hydroxyl groups excluding tert-OH is 1. The minimum absolute atomic E-state index is 0.250. The summed E-state index contributed by atoms with van der Waals surface area (Å²) in [5, 5.41) is 12.0. The van der Waals surface area contributed by atoms with E-state index in [2.05, 4.69) is 5.32 Å². The predicted octanol–water partition coefficient (Wildman–Crippen LogP) is 3.33. The van der Waals surface area contributed by atoms with Gasteiger partial charge in [-0.15, -0.1) is 0 Å². The summed E-state index contributed by atoms with van der Waals surface area (Å²) in [4.78, 5) is 0. The van der Waals surface area contributed by atoms with Gasteiger partial charge in [0.25, 0.3) is 0 Å². The molecular formula is C18H23NO3. The minimum atomic E-state index is 0.250. The van der Waals surface area contributed by atoms with Crippen molar-refractivity contribution in [1.29, 1.82) is 0 Å². The van der Waals surface area contributed by atoms with Gasteiger partial charge in [0, 0.05) is 18.8 Å². The molecule has 0 fully saturated rings. The standard InChI is InChI=1S/C18H23NO3/c20-13-5-4-12-19-16-8-10-18(11-9-16)22-15-14-21-17-6-2-1-3-7-17/h1-3,6-11,19-20H,4-5,12-15H2. The maximum absolute atomic E-state index is 8.72. The Morgan fingerprint density at radius 3 is 2.05 bits per heavy atom. The molecule has 0 aliphatic carbocycles.